The van der Waals surface area contributed by atoms with Crippen LogP contribution >= 0.6 is 12.2 Å². The van der Waals surface area contributed by atoms with E-state index in [0.29, 0.717) is 4.77 Å². The molecular formula is C17H29N3OS. The van der Waals surface area contributed by atoms with Crippen molar-refractivity contribution in [3.63, 3.8) is 0 Å². The van der Waals surface area contributed by atoms with Gasteiger partial charge in [-0.05, 0) is 30.8 Å². The number of hydrogen-bond acceptors (Lipinski definition) is 3. The molecule has 0 radical (unpaired) electrons. The highest BCUT2D eigenvalue weighted by atomic mass is 32.1. The zero-order valence-corrected chi connectivity index (χ0v) is 15.2. The van der Waals surface area contributed by atoms with Crippen LogP contribution in [0.5, 0.6) is 5.75 Å². The number of benzene rings is 1. The standard InChI is InChI=1S/C13H17N3OS.2C2H6/c1-2-3-9-12(16-13(18)14-10-15-16)17-11-7-5-4-6-8-11;2*1-2/h4-8,10,12H,2-3,9H2,1H3,(H,14,15,18);2*1-2H3. The molecule has 0 spiro atoms. The minimum Gasteiger partial charge on any atom is -0.469 e. The van der Waals surface area contributed by atoms with Crippen molar-refractivity contribution in [1.82, 2.24) is 14.8 Å². The second kappa shape index (κ2) is 13.1. The number of ether oxygens (including phenoxy) is 1. The molecule has 0 saturated heterocycles. The highest BCUT2D eigenvalue weighted by molar-refractivity contribution is 7.71. The first-order valence-corrected chi connectivity index (χ1v) is 8.55. The van der Waals surface area contributed by atoms with Crippen LogP contribution in [0, 0.1) is 4.77 Å². The lowest BCUT2D eigenvalue weighted by Crippen LogP contribution is -2.17. The van der Waals surface area contributed by atoms with Gasteiger partial charge in [-0.15, -0.1) is 0 Å². The first kappa shape index (κ1) is 20.4. The fourth-order valence-corrected chi connectivity index (χ4v) is 1.97. The SMILES string of the molecule is CC.CC.CCCCC(Oc1ccccc1)n1[nH]cnc1=S. The molecular weight excluding hydrogens is 294 g/mol. The van der Waals surface area contributed by atoms with Crippen molar-refractivity contribution in [2.24, 2.45) is 0 Å². The van der Waals surface area contributed by atoms with Gasteiger partial charge in [0.15, 0.2) is 6.23 Å². The van der Waals surface area contributed by atoms with Crippen molar-refractivity contribution in [1.29, 1.82) is 0 Å². The smallest absolute Gasteiger partial charge is 0.219 e. The van der Waals surface area contributed by atoms with Gasteiger partial charge in [0.2, 0.25) is 4.77 Å². The normalized spacial score (nSPS) is 10.6. The lowest BCUT2D eigenvalue weighted by molar-refractivity contribution is 0.104. The Morgan fingerprint density at radius 3 is 2.32 bits per heavy atom. The van der Waals surface area contributed by atoms with E-state index in [4.69, 9.17) is 17.0 Å². The predicted molar refractivity (Wildman–Crippen MR) is 95.7 cm³/mol. The van der Waals surface area contributed by atoms with Crippen LogP contribution in [0.3, 0.4) is 0 Å². The third-order valence-electron chi connectivity index (χ3n) is 2.69. The van der Waals surface area contributed by atoms with Gasteiger partial charge in [-0.1, -0.05) is 59.2 Å². The summed E-state index contributed by atoms with van der Waals surface area (Å²) >= 11 is 5.17. The molecule has 0 amide bonds. The van der Waals surface area contributed by atoms with Crippen molar-refractivity contribution in [2.45, 2.75) is 60.1 Å². The molecule has 1 aromatic carbocycles. The molecule has 2 aromatic rings. The number of aromatic nitrogens is 3. The Morgan fingerprint density at radius 1 is 1.18 bits per heavy atom. The lowest BCUT2D eigenvalue weighted by atomic mass is 10.2. The molecule has 1 aromatic heterocycles. The molecule has 124 valence electrons. The van der Waals surface area contributed by atoms with E-state index in [-0.39, 0.29) is 6.23 Å². The number of hydrogen-bond donors (Lipinski definition) is 1. The largest absolute Gasteiger partial charge is 0.469 e. The van der Waals surface area contributed by atoms with E-state index >= 15 is 0 Å². The van der Waals surface area contributed by atoms with E-state index in [1.54, 1.807) is 11.0 Å². The van der Waals surface area contributed by atoms with Gasteiger partial charge in [0.1, 0.15) is 12.1 Å². The molecule has 1 atom stereocenters. The summed E-state index contributed by atoms with van der Waals surface area (Å²) in [5, 5.41) is 3.01. The first-order valence-electron chi connectivity index (χ1n) is 8.15. The summed E-state index contributed by atoms with van der Waals surface area (Å²) in [5.41, 5.74) is 0. The molecule has 1 heterocycles. The van der Waals surface area contributed by atoms with E-state index in [2.05, 4.69) is 17.0 Å². The Kier molecular flexibility index (Phi) is 12.1. The maximum atomic E-state index is 5.97. The maximum Gasteiger partial charge on any atom is 0.219 e. The van der Waals surface area contributed by atoms with Crippen molar-refractivity contribution in [3.8, 4) is 5.75 Å². The average molecular weight is 324 g/mol. The van der Waals surface area contributed by atoms with Crippen LogP contribution in [-0.4, -0.2) is 14.8 Å². The van der Waals surface area contributed by atoms with Crippen LogP contribution in [0.4, 0.5) is 0 Å². The van der Waals surface area contributed by atoms with Crippen molar-refractivity contribution < 1.29 is 4.74 Å². The van der Waals surface area contributed by atoms with Crippen LogP contribution in [0.25, 0.3) is 0 Å². The molecule has 2 rings (SSSR count). The molecule has 0 saturated carbocycles. The molecule has 4 nitrogen and oxygen atoms in total. The summed E-state index contributed by atoms with van der Waals surface area (Å²) in [5.74, 6) is 0.843. The van der Waals surface area contributed by atoms with Crippen molar-refractivity contribution >= 4 is 12.2 Å². The van der Waals surface area contributed by atoms with Gasteiger partial charge in [-0.25, -0.2) is 9.67 Å². The number of aromatic amines is 1. The van der Waals surface area contributed by atoms with Gasteiger partial charge in [-0.3, -0.25) is 5.10 Å². The summed E-state index contributed by atoms with van der Waals surface area (Å²) in [6, 6.07) is 9.77. The fourth-order valence-electron chi connectivity index (χ4n) is 1.75. The number of nitrogens with zero attached hydrogens (tertiary/aromatic N) is 2. The van der Waals surface area contributed by atoms with Crippen molar-refractivity contribution in [3.05, 3.63) is 41.4 Å². The van der Waals surface area contributed by atoms with Gasteiger partial charge < -0.3 is 4.74 Å². The van der Waals surface area contributed by atoms with Crippen LogP contribution in [0.2, 0.25) is 0 Å². The maximum absolute atomic E-state index is 5.97. The van der Waals surface area contributed by atoms with Crippen LogP contribution < -0.4 is 4.74 Å². The number of rotatable bonds is 6. The molecule has 0 fully saturated rings. The Morgan fingerprint density at radius 2 is 1.82 bits per heavy atom. The van der Waals surface area contributed by atoms with Gasteiger partial charge in [0, 0.05) is 6.42 Å². The first-order chi connectivity index (χ1) is 10.8. The van der Waals surface area contributed by atoms with Crippen LogP contribution in [0.1, 0.15) is 60.1 Å². The predicted octanol–water partition coefficient (Wildman–Crippen LogP) is 5.76. The zero-order chi connectivity index (χ0) is 16.8. The van der Waals surface area contributed by atoms with Gasteiger partial charge >= 0.3 is 0 Å². The highest BCUT2D eigenvalue weighted by Gasteiger charge is 2.13. The number of H-pyrrole nitrogens is 1. The molecule has 0 aliphatic heterocycles. The minimum atomic E-state index is -0.123. The molecule has 0 aliphatic rings. The van der Waals surface area contributed by atoms with Crippen LogP contribution in [-0.2, 0) is 0 Å². The third-order valence-corrected chi connectivity index (χ3v) is 2.99. The van der Waals surface area contributed by atoms with Gasteiger partial charge in [0.25, 0.3) is 0 Å². The van der Waals surface area contributed by atoms with E-state index in [1.165, 1.54) is 0 Å². The van der Waals surface area contributed by atoms with Gasteiger partial charge in [-0.2, -0.15) is 0 Å². The molecule has 0 aliphatic carbocycles. The molecule has 0 bridgehead atoms. The molecule has 1 N–H and O–H groups in total. The Balaban J connectivity index is 0.00000102. The topological polar surface area (TPSA) is 42.8 Å². The molecule has 5 heteroatoms. The monoisotopic (exact) mass is 323 g/mol. The summed E-state index contributed by atoms with van der Waals surface area (Å²) in [6.45, 7) is 10.2. The molecule has 1 unspecified atom stereocenters. The van der Waals surface area contributed by atoms with E-state index in [0.717, 1.165) is 25.0 Å². The Labute approximate surface area is 139 Å². The Hall–Kier alpha value is -1.62. The lowest BCUT2D eigenvalue weighted by Gasteiger charge is -2.19. The highest BCUT2D eigenvalue weighted by Crippen LogP contribution is 2.20. The summed E-state index contributed by atoms with van der Waals surface area (Å²) < 4.78 is 8.28. The van der Waals surface area contributed by atoms with E-state index < -0.39 is 0 Å². The molecule has 22 heavy (non-hydrogen) atoms. The summed E-state index contributed by atoms with van der Waals surface area (Å²) in [6.07, 6.45) is 4.58. The van der Waals surface area contributed by atoms with E-state index in [9.17, 15) is 0 Å². The van der Waals surface area contributed by atoms with Crippen molar-refractivity contribution in [2.75, 3.05) is 0 Å². The summed E-state index contributed by atoms with van der Waals surface area (Å²) in [7, 11) is 0. The third kappa shape index (κ3) is 6.89. The minimum absolute atomic E-state index is 0.123. The van der Waals surface area contributed by atoms with E-state index in [1.807, 2.05) is 58.0 Å². The number of para-hydroxylation sites is 1. The quantitative estimate of drug-likeness (QED) is 0.687. The average Bonchev–Trinajstić information content (AvgIpc) is 3.02. The second-order valence-electron chi connectivity index (χ2n) is 4.07. The van der Waals surface area contributed by atoms with Gasteiger partial charge in [0.05, 0.1) is 0 Å². The number of nitrogens with one attached hydrogen (secondary N) is 1. The Bertz CT molecular complexity index is 522. The summed E-state index contributed by atoms with van der Waals surface area (Å²) in [4.78, 5) is 4.03. The number of unbranched alkanes of at least 4 members (excludes halogenated alkanes) is 1. The second-order valence-corrected chi connectivity index (χ2v) is 4.43. The fraction of sp³-hybridized carbons (Fsp3) is 0.529. The van der Waals surface area contributed by atoms with Crippen LogP contribution in [0.15, 0.2) is 36.7 Å². The zero-order valence-electron chi connectivity index (χ0n) is 14.4.